The van der Waals surface area contributed by atoms with Gasteiger partial charge in [-0.1, -0.05) is 11.6 Å². The number of thiocarbonyl (C=S) groups is 1. The number of nitrogens with one attached hydrogen (secondary N) is 1. The smallest absolute Gasteiger partial charge is 0.341 e. The molecule has 3 rings (SSSR count). The fourth-order valence-corrected chi connectivity index (χ4v) is 4.58. The molecule has 0 saturated carbocycles. The minimum atomic E-state index is -0.338. The first-order valence-electron chi connectivity index (χ1n) is 8.65. The van der Waals surface area contributed by atoms with Crippen molar-refractivity contribution < 1.29 is 9.53 Å². The summed E-state index contributed by atoms with van der Waals surface area (Å²) in [7, 11) is 1.40. The molecule has 0 bridgehead atoms. The lowest BCUT2D eigenvalue weighted by atomic mass is 10.1. The van der Waals surface area contributed by atoms with Crippen molar-refractivity contribution in [1.29, 1.82) is 0 Å². The molecule has 0 atom stereocenters. The van der Waals surface area contributed by atoms with E-state index in [1.165, 1.54) is 18.4 Å². The van der Waals surface area contributed by atoms with E-state index in [0.717, 1.165) is 52.3 Å². The van der Waals surface area contributed by atoms with Crippen LogP contribution < -0.4 is 10.2 Å². The van der Waals surface area contributed by atoms with Gasteiger partial charge in [0.25, 0.3) is 0 Å². The number of rotatable bonds is 3. The van der Waals surface area contributed by atoms with Gasteiger partial charge in [0.1, 0.15) is 5.00 Å². The highest BCUT2D eigenvalue weighted by Gasteiger charge is 2.24. The zero-order valence-electron chi connectivity index (χ0n) is 15.5. The molecular weight excluding hydrogens is 402 g/mol. The van der Waals surface area contributed by atoms with Crippen LogP contribution in [0.1, 0.15) is 20.8 Å². The number of thiophene rings is 1. The summed E-state index contributed by atoms with van der Waals surface area (Å²) < 4.78 is 4.92. The van der Waals surface area contributed by atoms with E-state index in [1.54, 1.807) is 0 Å². The summed E-state index contributed by atoms with van der Waals surface area (Å²) in [6.45, 7) is 7.28. The Kier molecular flexibility index (Phi) is 6.24. The summed E-state index contributed by atoms with van der Waals surface area (Å²) >= 11 is 13.1. The number of carbonyl (C=O) groups is 1. The van der Waals surface area contributed by atoms with Crippen molar-refractivity contribution in [2.45, 2.75) is 13.8 Å². The van der Waals surface area contributed by atoms with Crippen molar-refractivity contribution in [1.82, 2.24) is 4.90 Å². The second-order valence-corrected chi connectivity index (χ2v) is 8.41. The Labute approximate surface area is 173 Å². The number of piperazine rings is 1. The molecule has 1 aliphatic heterocycles. The average molecular weight is 424 g/mol. The normalized spacial score (nSPS) is 14.2. The Hall–Kier alpha value is -1.83. The highest BCUT2D eigenvalue weighted by molar-refractivity contribution is 7.80. The number of anilines is 2. The highest BCUT2D eigenvalue weighted by Crippen LogP contribution is 2.33. The van der Waals surface area contributed by atoms with Crippen LogP contribution >= 0.6 is 35.2 Å². The molecule has 1 saturated heterocycles. The lowest BCUT2D eigenvalue weighted by Gasteiger charge is -2.37. The predicted octanol–water partition coefficient (Wildman–Crippen LogP) is 4.32. The number of ether oxygens (including phenoxy) is 1. The van der Waals surface area contributed by atoms with Gasteiger partial charge in [-0.25, -0.2) is 4.79 Å². The maximum Gasteiger partial charge on any atom is 0.341 e. The van der Waals surface area contributed by atoms with Crippen LogP contribution in [0, 0.1) is 13.8 Å². The van der Waals surface area contributed by atoms with Gasteiger partial charge in [-0.05, 0) is 55.9 Å². The number of esters is 1. The van der Waals surface area contributed by atoms with E-state index in [9.17, 15) is 4.79 Å². The van der Waals surface area contributed by atoms with Gasteiger partial charge in [-0.15, -0.1) is 11.3 Å². The number of aryl methyl sites for hydroxylation is 1. The first-order chi connectivity index (χ1) is 12.9. The van der Waals surface area contributed by atoms with E-state index in [2.05, 4.69) is 15.1 Å². The standard InChI is InChI=1S/C19H22ClN3O2S2/c1-12-13(2)27-17(16(12)18(24)25-3)21-19(26)23-10-8-22(9-11-23)15-6-4-14(20)5-7-15/h4-7H,8-11H2,1-3H3,(H,21,26). The number of hydrogen-bond acceptors (Lipinski definition) is 5. The number of nitrogens with zero attached hydrogens (tertiary/aromatic N) is 2. The number of methoxy groups -OCH3 is 1. The second-order valence-electron chi connectivity index (χ2n) is 6.36. The zero-order chi connectivity index (χ0) is 19.6. The molecule has 1 fully saturated rings. The molecule has 27 heavy (non-hydrogen) atoms. The Morgan fingerprint density at radius 2 is 1.81 bits per heavy atom. The molecule has 5 nitrogen and oxygen atoms in total. The third-order valence-electron chi connectivity index (χ3n) is 4.75. The van der Waals surface area contributed by atoms with Crippen LogP contribution in [0.5, 0.6) is 0 Å². The molecule has 0 spiro atoms. The van der Waals surface area contributed by atoms with Crippen LogP contribution in [-0.2, 0) is 4.74 Å². The lowest BCUT2D eigenvalue weighted by molar-refractivity contribution is 0.0601. The Morgan fingerprint density at radius 3 is 2.41 bits per heavy atom. The quantitative estimate of drug-likeness (QED) is 0.585. The molecule has 1 aromatic carbocycles. The van der Waals surface area contributed by atoms with Crippen LogP contribution in [0.3, 0.4) is 0 Å². The minimum absolute atomic E-state index is 0.338. The molecule has 1 aromatic heterocycles. The van der Waals surface area contributed by atoms with Gasteiger partial charge in [-0.3, -0.25) is 0 Å². The summed E-state index contributed by atoms with van der Waals surface area (Å²) in [6.07, 6.45) is 0. The van der Waals surface area contributed by atoms with Crippen molar-refractivity contribution in [3.8, 4) is 0 Å². The Morgan fingerprint density at radius 1 is 1.19 bits per heavy atom. The van der Waals surface area contributed by atoms with E-state index in [-0.39, 0.29) is 5.97 Å². The third-order valence-corrected chi connectivity index (χ3v) is 6.49. The van der Waals surface area contributed by atoms with Crippen molar-refractivity contribution in [3.05, 3.63) is 45.3 Å². The maximum absolute atomic E-state index is 12.1. The minimum Gasteiger partial charge on any atom is -0.465 e. The summed E-state index contributed by atoms with van der Waals surface area (Å²) in [5.41, 5.74) is 2.67. The van der Waals surface area contributed by atoms with Crippen molar-refractivity contribution >= 4 is 56.9 Å². The fourth-order valence-electron chi connectivity index (χ4n) is 3.06. The number of benzene rings is 1. The molecule has 2 heterocycles. The SMILES string of the molecule is COC(=O)c1c(NC(=S)N2CCN(c3ccc(Cl)cc3)CC2)sc(C)c1C. The summed E-state index contributed by atoms with van der Waals surface area (Å²) in [5, 5.41) is 5.39. The summed E-state index contributed by atoms with van der Waals surface area (Å²) in [6, 6.07) is 7.89. The lowest BCUT2D eigenvalue weighted by Crippen LogP contribution is -2.50. The molecular formula is C19H22ClN3O2S2. The molecule has 1 N–H and O–H groups in total. The fraction of sp³-hybridized carbons (Fsp3) is 0.368. The molecule has 8 heteroatoms. The van der Waals surface area contributed by atoms with Crippen molar-refractivity contribution in [3.63, 3.8) is 0 Å². The van der Waals surface area contributed by atoms with Gasteiger partial charge in [0, 0.05) is 41.8 Å². The van der Waals surface area contributed by atoms with Crippen LogP contribution in [-0.4, -0.2) is 49.3 Å². The monoisotopic (exact) mass is 423 g/mol. The van der Waals surface area contributed by atoms with Crippen LogP contribution in [0.2, 0.25) is 5.02 Å². The highest BCUT2D eigenvalue weighted by atomic mass is 35.5. The topological polar surface area (TPSA) is 44.8 Å². The molecule has 0 amide bonds. The van der Waals surface area contributed by atoms with Gasteiger partial charge < -0.3 is 19.9 Å². The van der Waals surface area contributed by atoms with Crippen LogP contribution in [0.25, 0.3) is 0 Å². The number of carbonyl (C=O) groups excluding carboxylic acids is 1. The van der Waals surface area contributed by atoms with Crippen LogP contribution in [0.4, 0.5) is 10.7 Å². The molecule has 0 unspecified atom stereocenters. The number of hydrogen-bond donors (Lipinski definition) is 1. The van der Waals surface area contributed by atoms with Gasteiger partial charge in [0.2, 0.25) is 0 Å². The van der Waals surface area contributed by atoms with E-state index in [4.69, 9.17) is 28.6 Å². The Balaban J connectivity index is 1.64. The molecule has 0 radical (unpaired) electrons. The first-order valence-corrected chi connectivity index (χ1v) is 10.3. The van der Waals surface area contributed by atoms with Crippen molar-refractivity contribution in [2.24, 2.45) is 0 Å². The van der Waals surface area contributed by atoms with Crippen molar-refractivity contribution in [2.75, 3.05) is 43.5 Å². The van der Waals surface area contributed by atoms with Gasteiger partial charge in [0.15, 0.2) is 5.11 Å². The Bertz CT molecular complexity index is 843. The third kappa shape index (κ3) is 4.36. The zero-order valence-corrected chi connectivity index (χ0v) is 17.9. The van der Waals surface area contributed by atoms with E-state index >= 15 is 0 Å². The first kappa shape index (κ1) is 19.9. The van der Waals surface area contributed by atoms with E-state index in [0.29, 0.717) is 10.7 Å². The molecule has 0 aliphatic carbocycles. The largest absolute Gasteiger partial charge is 0.465 e. The van der Waals surface area contributed by atoms with Crippen LogP contribution in [0.15, 0.2) is 24.3 Å². The van der Waals surface area contributed by atoms with E-state index in [1.807, 2.05) is 38.1 Å². The summed E-state index contributed by atoms with van der Waals surface area (Å²) in [4.78, 5) is 17.6. The average Bonchev–Trinajstić information content (AvgIpc) is 2.95. The molecule has 144 valence electrons. The van der Waals surface area contributed by atoms with Gasteiger partial charge in [0.05, 0.1) is 12.7 Å². The predicted molar refractivity (Wildman–Crippen MR) is 117 cm³/mol. The van der Waals surface area contributed by atoms with Gasteiger partial charge >= 0.3 is 5.97 Å². The van der Waals surface area contributed by atoms with E-state index < -0.39 is 0 Å². The van der Waals surface area contributed by atoms with Gasteiger partial charge in [-0.2, -0.15) is 0 Å². The second kappa shape index (κ2) is 8.46. The molecule has 2 aromatic rings. The maximum atomic E-state index is 12.1. The number of halogens is 1. The summed E-state index contributed by atoms with van der Waals surface area (Å²) in [5.74, 6) is -0.338. The molecule has 1 aliphatic rings.